The van der Waals surface area contributed by atoms with E-state index in [-0.39, 0.29) is 11.9 Å². The minimum atomic E-state index is -0.167. The summed E-state index contributed by atoms with van der Waals surface area (Å²) in [4.78, 5) is 25.9. The Morgan fingerprint density at radius 1 is 1.42 bits per heavy atom. The number of rotatable bonds is 6. The van der Waals surface area contributed by atoms with Gasteiger partial charge in [-0.3, -0.25) is 9.69 Å². The van der Waals surface area contributed by atoms with Crippen molar-refractivity contribution in [3.63, 3.8) is 0 Å². The first-order valence-electron chi connectivity index (χ1n) is 8.41. The minimum absolute atomic E-state index is 0.121. The monoisotopic (exact) mass is 332 g/mol. The Hall–Kier alpha value is -2.28. The van der Waals surface area contributed by atoms with Crippen LogP contribution in [-0.2, 0) is 0 Å². The topological polar surface area (TPSA) is 82.7 Å². The molecule has 3 amide bonds. The summed E-state index contributed by atoms with van der Waals surface area (Å²) < 4.78 is 5.33. The van der Waals surface area contributed by atoms with Gasteiger partial charge in [-0.2, -0.15) is 0 Å². The van der Waals surface area contributed by atoms with Crippen LogP contribution >= 0.6 is 0 Å². The average Bonchev–Trinajstić information content (AvgIpc) is 3.25. The second kappa shape index (κ2) is 7.53. The molecule has 3 N–H and O–H groups in total. The zero-order valence-electron chi connectivity index (χ0n) is 13.9. The molecule has 0 aliphatic carbocycles. The lowest BCUT2D eigenvalue weighted by Gasteiger charge is -2.18. The van der Waals surface area contributed by atoms with Crippen LogP contribution in [0.4, 0.5) is 10.5 Å². The van der Waals surface area contributed by atoms with Crippen molar-refractivity contribution in [3.05, 3.63) is 23.8 Å². The van der Waals surface area contributed by atoms with Gasteiger partial charge in [0.15, 0.2) is 0 Å². The minimum Gasteiger partial charge on any atom is -0.495 e. The molecule has 2 saturated heterocycles. The van der Waals surface area contributed by atoms with Gasteiger partial charge in [-0.1, -0.05) is 0 Å². The van der Waals surface area contributed by atoms with Crippen molar-refractivity contribution in [2.75, 3.05) is 44.7 Å². The highest BCUT2D eigenvalue weighted by molar-refractivity contribution is 5.99. The van der Waals surface area contributed by atoms with Gasteiger partial charge in [0.2, 0.25) is 0 Å². The van der Waals surface area contributed by atoms with Crippen LogP contribution in [0, 0.1) is 5.92 Å². The van der Waals surface area contributed by atoms with Crippen molar-refractivity contribution >= 4 is 17.6 Å². The molecule has 1 unspecified atom stereocenters. The lowest BCUT2D eigenvalue weighted by atomic mass is 10.1. The van der Waals surface area contributed by atoms with E-state index in [1.807, 2.05) is 0 Å². The van der Waals surface area contributed by atoms with Crippen LogP contribution < -0.4 is 25.6 Å². The molecule has 24 heavy (non-hydrogen) atoms. The fourth-order valence-electron chi connectivity index (χ4n) is 3.20. The Morgan fingerprint density at radius 2 is 2.29 bits per heavy atom. The number of benzene rings is 1. The van der Waals surface area contributed by atoms with E-state index in [0.29, 0.717) is 42.6 Å². The van der Waals surface area contributed by atoms with E-state index in [1.54, 1.807) is 30.2 Å². The Labute approximate surface area is 141 Å². The van der Waals surface area contributed by atoms with Gasteiger partial charge >= 0.3 is 6.03 Å². The van der Waals surface area contributed by atoms with E-state index in [4.69, 9.17) is 4.74 Å². The van der Waals surface area contributed by atoms with Gasteiger partial charge in [-0.15, -0.1) is 0 Å². The molecule has 7 nitrogen and oxygen atoms in total. The van der Waals surface area contributed by atoms with E-state index in [9.17, 15) is 9.59 Å². The van der Waals surface area contributed by atoms with E-state index in [2.05, 4.69) is 16.0 Å². The number of nitrogens with one attached hydrogen (secondary N) is 3. The fourth-order valence-corrected chi connectivity index (χ4v) is 3.20. The van der Waals surface area contributed by atoms with Gasteiger partial charge in [-0.25, -0.2) is 4.79 Å². The molecular formula is C17H24N4O3. The highest BCUT2D eigenvalue weighted by atomic mass is 16.5. The van der Waals surface area contributed by atoms with Crippen LogP contribution in [0.1, 0.15) is 23.2 Å². The number of hydrogen-bond donors (Lipinski definition) is 3. The smallest absolute Gasteiger partial charge is 0.322 e. The molecule has 3 rings (SSSR count). The van der Waals surface area contributed by atoms with Crippen molar-refractivity contribution < 1.29 is 14.3 Å². The highest BCUT2D eigenvalue weighted by Gasteiger charge is 2.25. The normalized spacial score (nSPS) is 20.1. The van der Waals surface area contributed by atoms with Gasteiger partial charge in [0.25, 0.3) is 5.91 Å². The number of ether oxygens (including phenoxy) is 1. The van der Waals surface area contributed by atoms with Crippen molar-refractivity contribution in [3.8, 4) is 5.75 Å². The number of carbonyl (C=O) groups is 2. The Balaban J connectivity index is 1.66. The van der Waals surface area contributed by atoms with Crippen LogP contribution in [0.2, 0.25) is 0 Å². The van der Waals surface area contributed by atoms with Gasteiger partial charge in [0.1, 0.15) is 5.75 Å². The SMILES string of the molecule is COc1ccc(C(=O)NCCC2CCNC2)cc1N1CCNC1=O. The predicted octanol–water partition coefficient (Wildman–Crippen LogP) is 0.954. The number of urea groups is 1. The van der Waals surface area contributed by atoms with Crippen molar-refractivity contribution in [2.45, 2.75) is 12.8 Å². The first-order chi connectivity index (χ1) is 11.7. The van der Waals surface area contributed by atoms with Crippen LogP contribution in [0.25, 0.3) is 0 Å². The maximum absolute atomic E-state index is 12.4. The molecule has 2 heterocycles. The zero-order valence-corrected chi connectivity index (χ0v) is 13.9. The lowest BCUT2D eigenvalue weighted by molar-refractivity contribution is 0.0951. The van der Waals surface area contributed by atoms with E-state index >= 15 is 0 Å². The van der Waals surface area contributed by atoms with Crippen LogP contribution in [0.5, 0.6) is 5.75 Å². The molecular weight excluding hydrogens is 308 g/mol. The Morgan fingerprint density at radius 3 is 2.96 bits per heavy atom. The molecule has 0 aromatic heterocycles. The summed E-state index contributed by atoms with van der Waals surface area (Å²) in [6.45, 7) is 3.92. The summed E-state index contributed by atoms with van der Waals surface area (Å²) in [5, 5.41) is 9.05. The van der Waals surface area contributed by atoms with E-state index in [0.717, 1.165) is 19.5 Å². The van der Waals surface area contributed by atoms with Gasteiger partial charge in [0, 0.05) is 25.2 Å². The fraction of sp³-hybridized carbons (Fsp3) is 0.529. The lowest BCUT2D eigenvalue weighted by Crippen LogP contribution is -2.29. The third kappa shape index (κ3) is 3.62. The van der Waals surface area contributed by atoms with Gasteiger partial charge in [0.05, 0.1) is 12.8 Å². The number of methoxy groups -OCH3 is 1. The molecule has 2 aliphatic heterocycles. The summed E-state index contributed by atoms with van der Waals surface area (Å²) in [5.74, 6) is 1.11. The number of hydrogen-bond acceptors (Lipinski definition) is 4. The average molecular weight is 332 g/mol. The second-order valence-corrected chi connectivity index (χ2v) is 6.17. The number of nitrogens with zero attached hydrogens (tertiary/aromatic N) is 1. The summed E-state index contributed by atoms with van der Waals surface area (Å²) in [6.07, 6.45) is 2.16. The third-order valence-electron chi connectivity index (χ3n) is 4.59. The Bertz CT molecular complexity index is 614. The number of carbonyl (C=O) groups excluding carboxylic acids is 2. The Kier molecular flexibility index (Phi) is 5.20. The van der Waals surface area contributed by atoms with Crippen LogP contribution in [-0.4, -0.2) is 51.8 Å². The van der Waals surface area contributed by atoms with E-state index < -0.39 is 0 Å². The molecule has 2 aliphatic rings. The van der Waals surface area contributed by atoms with Crippen LogP contribution in [0.15, 0.2) is 18.2 Å². The third-order valence-corrected chi connectivity index (χ3v) is 4.59. The summed E-state index contributed by atoms with van der Waals surface area (Å²) in [5.41, 5.74) is 1.16. The first kappa shape index (κ1) is 16.6. The maximum Gasteiger partial charge on any atom is 0.322 e. The molecule has 7 heteroatoms. The molecule has 1 aromatic carbocycles. The highest BCUT2D eigenvalue weighted by Crippen LogP contribution is 2.30. The quantitative estimate of drug-likeness (QED) is 0.724. The molecule has 1 atom stereocenters. The molecule has 1 aromatic rings. The second-order valence-electron chi connectivity index (χ2n) is 6.17. The van der Waals surface area contributed by atoms with Gasteiger partial charge < -0.3 is 20.7 Å². The maximum atomic E-state index is 12.4. The van der Waals surface area contributed by atoms with Crippen molar-refractivity contribution in [2.24, 2.45) is 5.92 Å². The number of amides is 3. The van der Waals surface area contributed by atoms with Crippen molar-refractivity contribution in [1.82, 2.24) is 16.0 Å². The van der Waals surface area contributed by atoms with Crippen molar-refractivity contribution in [1.29, 1.82) is 0 Å². The summed E-state index contributed by atoms with van der Waals surface area (Å²) in [6, 6.07) is 5.01. The predicted molar refractivity (Wildman–Crippen MR) is 91.7 cm³/mol. The molecule has 0 bridgehead atoms. The largest absolute Gasteiger partial charge is 0.495 e. The first-order valence-corrected chi connectivity index (χ1v) is 8.41. The van der Waals surface area contributed by atoms with E-state index in [1.165, 1.54) is 6.42 Å². The molecule has 2 fully saturated rings. The van der Waals surface area contributed by atoms with Gasteiger partial charge in [-0.05, 0) is 50.0 Å². The molecule has 0 saturated carbocycles. The molecule has 0 radical (unpaired) electrons. The van der Waals surface area contributed by atoms with Crippen LogP contribution in [0.3, 0.4) is 0 Å². The molecule has 0 spiro atoms. The number of anilines is 1. The summed E-state index contributed by atoms with van der Waals surface area (Å²) in [7, 11) is 1.56. The zero-order chi connectivity index (χ0) is 16.9. The standard InChI is InChI=1S/C17H24N4O3/c1-24-15-3-2-13(10-14(15)21-9-8-20-17(21)23)16(22)19-7-5-12-4-6-18-11-12/h2-3,10,12,18H,4-9,11H2,1H3,(H,19,22)(H,20,23). The molecule has 130 valence electrons. The summed E-state index contributed by atoms with van der Waals surface area (Å²) >= 11 is 0.